The number of nitrogens with zero attached hydrogens (tertiary/aromatic N) is 5. The van der Waals surface area contributed by atoms with Crippen molar-refractivity contribution in [2.24, 2.45) is 0 Å². The van der Waals surface area contributed by atoms with Crippen LogP contribution in [-0.4, -0.2) is 41.0 Å². The van der Waals surface area contributed by atoms with Crippen molar-refractivity contribution in [3.05, 3.63) is 73.2 Å². The third-order valence-corrected chi connectivity index (χ3v) is 6.08. The first-order valence-corrected chi connectivity index (χ1v) is 11.8. The second-order valence-electron chi connectivity index (χ2n) is 8.56. The van der Waals surface area contributed by atoms with Crippen molar-refractivity contribution in [1.82, 2.24) is 35.1 Å². The summed E-state index contributed by atoms with van der Waals surface area (Å²) in [5.74, 6) is -0.188. The van der Waals surface area contributed by atoms with E-state index in [1.54, 1.807) is 49.2 Å². The van der Waals surface area contributed by atoms with Crippen molar-refractivity contribution in [2.75, 3.05) is 5.32 Å². The fourth-order valence-electron chi connectivity index (χ4n) is 4.37. The van der Waals surface area contributed by atoms with Gasteiger partial charge in [-0.05, 0) is 48.4 Å². The van der Waals surface area contributed by atoms with Crippen molar-refractivity contribution >= 4 is 33.7 Å². The molecule has 0 aliphatic carbocycles. The molecule has 0 saturated heterocycles. The molecule has 0 saturated carbocycles. The van der Waals surface area contributed by atoms with Crippen molar-refractivity contribution in [3.8, 4) is 33.8 Å². The molecule has 10 heteroatoms. The molecular weight excluding hydrogens is 471 g/mol. The number of fused-ring (bicyclic) bond motifs is 2. The molecule has 0 radical (unpaired) electrons. The van der Waals surface area contributed by atoms with E-state index in [0.717, 1.165) is 23.1 Å². The molecule has 3 N–H and O–H groups in total. The molecule has 0 aliphatic rings. The number of anilines is 1. The standard InChI is InChI=1S/C27H21FN8O/c1-2-3-21(37)32-17-12-16(13-30-14-17)18-4-5-20-22(23(18)28)25(36-35-20)27-33-24-19(8-11-31-26(24)34-27)15-6-9-29-10-7-15/h4-14H,2-3H2,1H3,(H,32,37)(H,35,36)(H,31,33,34). The number of H-pyrrole nitrogens is 2. The summed E-state index contributed by atoms with van der Waals surface area (Å²) in [5.41, 5.74) is 5.32. The number of hydrogen-bond donors (Lipinski definition) is 3. The van der Waals surface area contributed by atoms with Crippen LogP contribution in [0.5, 0.6) is 0 Å². The maximum absolute atomic E-state index is 16.0. The van der Waals surface area contributed by atoms with Crippen molar-refractivity contribution < 1.29 is 9.18 Å². The maximum atomic E-state index is 16.0. The summed E-state index contributed by atoms with van der Waals surface area (Å²) in [4.78, 5) is 32.6. The Morgan fingerprint density at radius 3 is 2.70 bits per heavy atom. The molecule has 37 heavy (non-hydrogen) atoms. The fourth-order valence-corrected chi connectivity index (χ4v) is 4.37. The van der Waals surface area contributed by atoms with Crippen LogP contribution in [0.2, 0.25) is 0 Å². The van der Waals surface area contributed by atoms with E-state index >= 15 is 4.39 Å². The van der Waals surface area contributed by atoms with Crippen molar-refractivity contribution in [3.63, 3.8) is 0 Å². The summed E-state index contributed by atoms with van der Waals surface area (Å²) in [7, 11) is 0. The van der Waals surface area contributed by atoms with Crippen LogP contribution in [-0.2, 0) is 4.79 Å². The minimum Gasteiger partial charge on any atom is -0.335 e. The molecule has 9 nitrogen and oxygen atoms in total. The fraction of sp³-hybridized carbons (Fsp3) is 0.111. The Bertz CT molecular complexity index is 1760. The summed E-state index contributed by atoms with van der Waals surface area (Å²) in [6.07, 6.45) is 9.35. The van der Waals surface area contributed by atoms with E-state index < -0.39 is 5.82 Å². The predicted octanol–water partition coefficient (Wildman–Crippen LogP) is 5.50. The quantitative estimate of drug-likeness (QED) is 0.282. The Kier molecular flexibility index (Phi) is 5.61. The number of carbonyl (C=O) groups excluding carboxylic acids is 1. The molecule has 0 aliphatic heterocycles. The zero-order valence-electron chi connectivity index (χ0n) is 19.8. The number of carbonyl (C=O) groups is 1. The highest BCUT2D eigenvalue weighted by Gasteiger charge is 2.21. The van der Waals surface area contributed by atoms with Crippen LogP contribution in [0.4, 0.5) is 10.1 Å². The topological polar surface area (TPSA) is 125 Å². The third kappa shape index (κ3) is 4.08. The van der Waals surface area contributed by atoms with Gasteiger partial charge in [-0.3, -0.25) is 19.9 Å². The van der Waals surface area contributed by atoms with E-state index in [9.17, 15) is 4.79 Å². The highest BCUT2D eigenvalue weighted by molar-refractivity contribution is 5.98. The Hall–Kier alpha value is -4.99. The van der Waals surface area contributed by atoms with Crippen LogP contribution < -0.4 is 5.32 Å². The lowest BCUT2D eigenvalue weighted by Gasteiger charge is -2.08. The van der Waals surface area contributed by atoms with E-state index in [1.165, 1.54) is 0 Å². The van der Waals surface area contributed by atoms with E-state index in [4.69, 9.17) is 0 Å². The van der Waals surface area contributed by atoms with Gasteiger partial charge in [-0.2, -0.15) is 5.10 Å². The highest BCUT2D eigenvalue weighted by atomic mass is 19.1. The predicted molar refractivity (Wildman–Crippen MR) is 139 cm³/mol. The van der Waals surface area contributed by atoms with Gasteiger partial charge in [0.05, 0.1) is 28.3 Å². The Morgan fingerprint density at radius 1 is 1.00 bits per heavy atom. The molecule has 6 rings (SSSR count). The molecule has 1 aromatic carbocycles. The Labute approximate surface area is 210 Å². The average molecular weight is 493 g/mol. The largest absolute Gasteiger partial charge is 0.335 e. The minimum absolute atomic E-state index is 0.112. The number of amides is 1. The molecule has 0 atom stereocenters. The van der Waals surface area contributed by atoms with E-state index in [2.05, 4.69) is 40.4 Å². The highest BCUT2D eigenvalue weighted by Crippen LogP contribution is 2.35. The monoisotopic (exact) mass is 492 g/mol. The van der Waals surface area contributed by atoms with Gasteiger partial charge in [0, 0.05) is 47.9 Å². The molecule has 6 aromatic rings. The summed E-state index contributed by atoms with van der Waals surface area (Å²) >= 11 is 0. The van der Waals surface area contributed by atoms with E-state index in [-0.39, 0.29) is 5.91 Å². The first kappa shape index (κ1) is 22.5. The second-order valence-corrected chi connectivity index (χ2v) is 8.56. The Morgan fingerprint density at radius 2 is 1.86 bits per heavy atom. The molecule has 5 aromatic heterocycles. The summed E-state index contributed by atoms with van der Waals surface area (Å²) in [5, 5.41) is 10.4. The number of aromatic amines is 2. The SMILES string of the molecule is CCCC(=O)Nc1cncc(-c2ccc3[nH]nc(-c4nc5nccc(-c6ccncc6)c5[nH]4)c3c2F)c1. The lowest BCUT2D eigenvalue weighted by Crippen LogP contribution is -2.10. The second kappa shape index (κ2) is 9.23. The number of hydrogen-bond acceptors (Lipinski definition) is 6. The van der Waals surface area contributed by atoms with Gasteiger partial charge in [0.2, 0.25) is 5.91 Å². The third-order valence-electron chi connectivity index (χ3n) is 6.08. The lowest BCUT2D eigenvalue weighted by molar-refractivity contribution is -0.116. The molecule has 0 spiro atoms. The lowest BCUT2D eigenvalue weighted by atomic mass is 10.0. The number of rotatable bonds is 6. The van der Waals surface area contributed by atoms with Crippen LogP contribution in [0.25, 0.3) is 55.8 Å². The van der Waals surface area contributed by atoms with E-state index in [1.807, 2.05) is 25.1 Å². The van der Waals surface area contributed by atoms with Gasteiger partial charge < -0.3 is 10.3 Å². The van der Waals surface area contributed by atoms with Gasteiger partial charge in [0.1, 0.15) is 11.5 Å². The molecule has 1 amide bonds. The normalized spacial score (nSPS) is 11.3. The summed E-state index contributed by atoms with van der Waals surface area (Å²) < 4.78 is 16.0. The van der Waals surface area contributed by atoms with Crippen LogP contribution in [0.3, 0.4) is 0 Å². The van der Waals surface area contributed by atoms with Gasteiger partial charge in [-0.25, -0.2) is 14.4 Å². The summed E-state index contributed by atoms with van der Waals surface area (Å²) in [6, 6.07) is 10.8. The zero-order chi connectivity index (χ0) is 25.4. The number of imidazole rings is 1. The number of halogens is 1. The average Bonchev–Trinajstić information content (AvgIpc) is 3.54. The number of aromatic nitrogens is 7. The molecular formula is C27H21FN8O. The van der Waals surface area contributed by atoms with Gasteiger partial charge in [0.25, 0.3) is 0 Å². The Balaban J connectivity index is 1.44. The number of benzene rings is 1. The maximum Gasteiger partial charge on any atom is 0.224 e. The first-order valence-electron chi connectivity index (χ1n) is 11.8. The molecule has 0 unspecified atom stereocenters. The van der Waals surface area contributed by atoms with Crippen LogP contribution >= 0.6 is 0 Å². The number of nitrogens with one attached hydrogen (secondary N) is 3. The molecule has 0 fully saturated rings. The van der Waals surface area contributed by atoms with Crippen molar-refractivity contribution in [2.45, 2.75) is 19.8 Å². The summed E-state index contributed by atoms with van der Waals surface area (Å²) in [6.45, 7) is 1.93. The van der Waals surface area contributed by atoms with Crippen LogP contribution in [0, 0.1) is 5.82 Å². The molecule has 182 valence electrons. The van der Waals surface area contributed by atoms with Crippen molar-refractivity contribution in [1.29, 1.82) is 0 Å². The van der Waals surface area contributed by atoms with Crippen LogP contribution in [0.1, 0.15) is 19.8 Å². The minimum atomic E-state index is -0.470. The van der Waals surface area contributed by atoms with Gasteiger partial charge in [-0.1, -0.05) is 6.92 Å². The number of pyridine rings is 3. The van der Waals surface area contributed by atoms with Gasteiger partial charge in [0.15, 0.2) is 11.5 Å². The molecule has 5 heterocycles. The van der Waals surface area contributed by atoms with Gasteiger partial charge in [-0.15, -0.1) is 0 Å². The smallest absolute Gasteiger partial charge is 0.224 e. The van der Waals surface area contributed by atoms with E-state index in [0.29, 0.717) is 51.3 Å². The van der Waals surface area contributed by atoms with Crippen LogP contribution in [0.15, 0.2) is 67.4 Å². The van der Waals surface area contributed by atoms with Gasteiger partial charge >= 0.3 is 0 Å². The molecule has 0 bridgehead atoms. The zero-order valence-corrected chi connectivity index (χ0v) is 19.8. The first-order chi connectivity index (χ1) is 18.1.